The van der Waals surface area contributed by atoms with Gasteiger partial charge in [-0.3, -0.25) is 4.79 Å². The van der Waals surface area contributed by atoms with Gasteiger partial charge in [-0.25, -0.2) is 0 Å². The minimum atomic E-state index is -0.0771. The highest BCUT2D eigenvalue weighted by atomic mass is 32.2. The Bertz CT molecular complexity index is 402. The van der Waals surface area contributed by atoms with Crippen molar-refractivity contribution in [3.05, 3.63) is 24.3 Å². The van der Waals surface area contributed by atoms with E-state index in [1.807, 2.05) is 36.1 Å². The van der Waals surface area contributed by atoms with Crippen molar-refractivity contribution >= 4 is 23.4 Å². The van der Waals surface area contributed by atoms with Crippen LogP contribution in [-0.4, -0.2) is 42.4 Å². The molecule has 1 atom stereocenters. The van der Waals surface area contributed by atoms with E-state index in [4.69, 9.17) is 10.5 Å². The number of amides is 1. The van der Waals surface area contributed by atoms with Gasteiger partial charge in [-0.2, -0.15) is 0 Å². The van der Waals surface area contributed by atoms with Crippen LogP contribution in [-0.2, 0) is 9.53 Å². The first-order valence-corrected chi connectivity index (χ1v) is 6.93. The highest BCUT2D eigenvalue weighted by Crippen LogP contribution is 2.25. The fraction of sp³-hybridized carbons (Fsp3) is 0.462. The molecule has 0 aliphatic carbocycles. The zero-order valence-corrected chi connectivity index (χ0v) is 11.3. The van der Waals surface area contributed by atoms with E-state index in [1.165, 1.54) is 0 Å². The Morgan fingerprint density at radius 1 is 1.33 bits per heavy atom. The Kier molecular flexibility index (Phi) is 4.49. The Balaban J connectivity index is 1.92. The lowest BCUT2D eigenvalue weighted by Crippen LogP contribution is -2.44. The van der Waals surface area contributed by atoms with Crippen LogP contribution in [0.4, 0.5) is 5.69 Å². The molecule has 1 saturated heterocycles. The summed E-state index contributed by atoms with van der Waals surface area (Å²) in [6.45, 7) is 4.63. The number of carbonyl (C=O) groups is 1. The van der Waals surface area contributed by atoms with E-state index >= 15 is 0 Å². The summed E-state index contributed by atoms with van der Waals surface area (Å²) in [5, 5.41) is -0.0771. The summed E-state index contributed by atoms with van der Waals surface area (Å²) in [6, 6.07) is 7.61. The zero-order valence-electron chi connectivity index (χ0n) is 10.5. The lowest BCUT2D eigenvalue weighted by atomic mass is 10.3. The van der Waals surface area contributed by atoms with Crippen LogP contribution < -0.4 is 5.73 Å². The second-order valence-electron chi connectivity index (χ2n) is 4.27. The molecular formula is C13H18N2O2S. The number of anilines is 1. The number of carbonyl (C=O) groups excluding carboxylic acids is 1. The number of nitrogens with zero attached hydrogens (tertiary/aromatic N) is 1. The summed E-state index contributed by atoms with van der Waals surface area (Å²) >= 11 is 1.57. The van der Waals surface area contributed by atoms with Crippen LogP contribution in [0.5, 0.6) is 0 Å². The van der Waals surface area contributed by atoms with E-state index in [2.05, 4.69) is 0 Å². The summed E-state index contributed by atoms with van der Waals surface area (Å²) in [5.41, 5.74) is 6.38. The van der Waals surface area contributed by atoms with Crippen LogP contribution >= 0.6 is 11.8 Å². The van der Waals surface area contributed by atoms with Crippen molar-refractivity contribution < 1.29 is 9.53 Å². The van der Waals surface area contributed by atoms with Gasteiger partial charge in [0.05, 0.1) is 18.5 Å². The number of morpholine rings is 1. The summed E-state index contributed by atoms with van der Waals surface area (Å²) in [7, 11) is 0. The largest absolute Gasteiger partial charge is 0.399 e. The minimum Gasteiger partial charge on any atom is -0.399 e. The number of benzene rings is 1. The first-order chi connectivity index (χ1) is 8.66. The van der Waals surface area contributed by atoms with Gasteiger partial charge in [-0.15, -0.1) is 11.8 Å². The molecule has 98 valence electrons. The molecule has 0 bridgehead atoms. The summed E-state index contributed by atoms with van der Waals surface area (Å²) < 4.78 is 5.25. The van der Waals surface area contributed by atoms with E-state index in [-0.39, 0.29) is 11.2 Å². The number of nitrogen functional groups attached to an aromatic ring is 1. The molecule has 1 aliphatic heterocycles. The monoisotopic (exact) mass is 266 g/mol. The van der Waals surface area contributed by atoms with Crippen LogP contribution in [0.15, 0.2) is 29.2 Å². The van der Waals surface area contributed by atoms with Gasteiger partial charge in [0.15, 0.2) is 0 Å². The van der Waals surface area contributed by atoms with E-state index < -0.39 is 0 Å². The summed E-state index contributed by atoms with van der Waals surface area (Å²) in [4.78, 5) is 15.1. The van der Waals surface area contributed by atoms with Crippen LogP contribution in [0, 0.1) is 0 Å². The second kappa shape index (κ2) is 6.11. The third kappa shape index (κ3) is 3.40. The Labute approximate surface area is 111 Å². The molecule has 0 aromatic heterocycles. The van der Waals surface area contributed by atoms with Gasteiger partial charge in [-0.1, -0.05) is 0 Å². The molecular weight excluding hydrogens is 248 g/mol. The van der Waals surface area contributed by atoms with Crippen LogP contribution in [0.3, 0.4) is 0 Å². The van der Waals surface area contributed by atoms with E-state index in [0.717, 1.165) is 10.6 Å². The third-order valence-electron chi connectivity index (χ3n) is 2.86. The highest BCUT2D eigenvalue weighted by molar-refractivity contribution is 8.00. The lowest BCUT2D eigenvalue weighted by Gasteiger charge is -2.29. The fourth-order valence-corrected chi connectivity index (χ4v) is 2.79. The normalized spacial score (nSPS) is 17.5. The molecule has 1 aromatic carbocycles. The standard InChI is InChI=1S/C13H18N2O2S/c1-10(13(16)15-6-8-17-9-7-15)18-12-4-2-11(14)3-5-12/h2-5,10H,6-9,14H2,1H3. The number of hydrogen-bond donors (Lipinski definition) is 1. The van der Waals surface area contributed by atoms with Crippen LogP contribution in [0.1, 0.15) is 6.92 Å². The minimum absolute atomic E-state index is 0.0771. The van der Waals surface area contributed by atoms with Gasteiger partial charge in [-0.05, 0) is 31.2 Å². The maximum Gasteiger partial charge on any atom is 0.235 e. The zero-order chi connectivity index (χ0) is 13.0. The number of nitrogens with two attached hydrogens (primary N) is 1. The first-order valence-electron chi connectivity index (χ1n) is 6.05. The third-order valence-corrected chi connectivity index (χ3v) is 3.96. The molecule has 1 fully saturated rings. The number of ether oxygens (including phenoxy) is 1. The van der Waals surface area contributed by atoms with Crippen molar-refractivity contribution in [1.82, 2.24) is 4.90 Å². The molecule has 0 radical (unpaired) electrons. The predicted octanol–water partition coefficient (Wildman–Crippen LogP) is 1.61. The summed E-state index contributed by atoms with van der Waals surface area (Å²) in [6.07, 6.45) is 0. The molecule has 2 rings (SSSR count). The molecule has 1 unspecified atom stereocenters. The first kappa shape index (κ1) is 13.2. The average molecular weight is 266 g/mol. The van der Waals surface area contributed by atoms with E-state index in [9.17, 15) is 4.79 Å². The maximum atomic E-state index is 12.2. The Morgan fingerprint density at radius 3 is 2.56 bits per heavy atom. The van der Waals surface area contributed by atoms with Crippen molar-refractivity contribution in [2.24, 2.45) is 0 Å². The Morgan fingerprint density at radius 2 is 1.94 bits per heavy atom. The SMILES string of the molecule is CC(Sc1ccc(N)cc1)C(=O)N1CCOCC1. The van der Waals surface area contributed by atoms with Gasteiger partial charge in [0, 0.05) is 23.7 Å². The van der Waals surface area contributed by atoms with Crippen LogP contribution in [0.25, 0.3) is 0 Å². The number of thioether (sulfide) groups is 1. The van der Waals surface area contributed by atoms with Gasteiger partial charge < -0.3 is 15.4 Å². The molecule has 1 aromatic rings. The maximum absolute atomic E-state index is 12.2. The van der Waals surface area contributed by atoms with Crippen molar-refractivity contribution in [2.45, 2.75) is 17.1 Å². The van der Waals surface area contributed by atoms with Gasteiger partial charge >= 0.3 is 0 Å². The molecule has 1 amide bonds. The molecule has 1 aliphatic rings. The van der Waals surface area contributed by atoms with Gasteiger partial charge in [0.1, 0.15) is 0 Å². The van der Waals surface area contributed by atoms with Gasteiger partial charge in [0.25, 0.3) is 0 Å². The molecule has 4 nitrogen and oxygen atoms in total. The van der Waals surface area contributed by atoms with Crippen molar-refractivity contribution in [3.8, 4) is 0 Å². The smallest absolute Gasteiger partial charge is 0.235 e. The Hall–Kier alpha value is -1.20. The highest BCUT2D eigenvalue weighted by Gasteiger charge is 2.22. The van der Waals surface area contributed by atoms with Gasteiger partial charge in [0.2, 0.25) is 5.91 Å². The average Bonchev–Trinajstić information content (AvgIpc) is 2.41. The van der Waals surface area contributed by atoms with E-state index in [0.29, 0.717) is 26.3 Å². The quantitative estimate of drug-likeness (QED) is 0.667. The number of hydrogen-bond acceptors (Lipinski definition) is 4. The van der Waals surface area contributed by atoms with Crippen molar-refractivity contribution in [1.29, 1.82) is 0 Å². The summed E-state index contributed by atoms with van der Waals surface area (Å²) in [5.74, 6) is 0.181. The van der Waals surface area contributed by atoms with E-state index in [1.54, 1.807) is 11.8 Å². The molecule has 0 spiro atoms. The predicted molar refractivity (Wildman–Crippen MR) is 73.6 cm³/mol. The number of rotatable bonds is 3. The molecule has 2 N–H and O–H groups in total. The fourth-order valence-electron chi connectivity index (χ4n) is 1.84. The van der Waals surface area contributed by atoms with Crippen molar-refractivity contribution in [2.75, 3.05) is 32.0 Å². The lowest BCUT2D eigenvalue weighted by molar-refractivity contribution is -0.134. The van der Waals surface area contributed by atoms with Crippen molar-refractivity contribution in [3.63, 3.8) is 0 Å². The second-order valence-corrected chi connectivity index (χ2v) is 5.68. The molecule has 0 saturated carbocycles. The molecule has 1 heterocycles. The molecule has 18 heavy (non-hydrogen) atoms. The topological polar surface area (TPSA) is 55.6 Å². The molecule has 5 heteroatoms. The van der Waals surface area contributed by atoms with Crippen LogP contribution in [0.2, 0.25) is 0 Å².